The second kappa shape index (κ2) is 8.78. The zero-order valence-corrected chi connectivity index (χ0v) is 19.0. The van der Waals surface area contributed by atoms with Crippen molar-refractivity contribution in [1.82, 2.24) is 24.7 Å². The minimum absolute atomic E-state index is 0.187. The fraction of sp³-hybridized carbons (Fsp3) is 0.0909. The van der Waals surface area contributed by atoms with Gasteiger partial charge in [0.05, 0.1) is 17.4 Å². The smallest absolute Gasteiger partial charge is 0.260 e. The third-order valence-corrected chi connectivity index (χ3v) is 6.85. The molecule has 0 saturated carbocycles. The number of furan rings is 1. The number of benzene rings is 1. The van der Waals surface area contributed by atoms with Gasteiger partial charge >= 0.3 is 0 Å². The highest BCUT2D eigenvalue weighted by Crippen LogP contribution is 2.32. The van der Waals surface area contributed by atoms with Gasteiger partial charge in [-0.25, -0.2) is 4.98 Å². The molecule has 32 heavy (non-hydrogen) atoms. The number of rotatable bonds is 7. The summed E-state index contributed by atoms with van der Waals surface area (Å²) in [6, 6.07) is 11.1. The van der Waals surface area contributed by atoms with E-state index in [2.05, 4.69) is 26.7 Å². The molecule has 0 fully saturated rings. The lowest BCUT2D eigenvalue weighted by molar-refractivity contribution is 0.583. The average molecular weight is 482 g/mol. The van der Waals surface area contributed by atoms with E-state index in [1.165, 1.54) is 23.1 Å². The molecule has 0 aliphatic rings. The van der Waals surface area contributed by atoms with Gasteiger partial charge in [0.15, 0.2) is 11.0 Å². The zero-order chi connectivity index (χ0) is 22.1. The Labute approximate surface area is 195 Å². The molecule has 0 atom stereocenters. The molecule has 0 radical (unpaired) electrons. The molecule has 5 aromatic rings. The van der Waals surface area contributed by atoms with Gasteiger partial charge in [-0.05, 0) is 36.4 Å². The van der Waals surface area contributed by atoms with Crippen molar-refractivity contribution in [2.45, 2.75) is 17.5 Å². The van der Waals surface area contributed by atoms with Crippen molar-refractivity contribution >= 4 is 44.9 Å². The highest BCUT2D eigenvalue weighted by Gasteiger charge is 2.17. The largest absolute Gasteiger partial charge is 0.464 e. The van der Waals surface area contributed by atoms with Gasteiger partial charge in [0.2, 0.25) is 0 Å². The third kappa shape index (κ3) is 3.90. The molecule has 0 unspecified atom stereocenters. The number of H-pyrrole nitrogens is 1. The summed E-state index contributed by atoms with van der Waals surface area (Å²) < 4.78 is 7.42. The Morgan fingerprint density at radius 3 is 2.84 bits per heavy atom. The fourth-order valence-electron chi connectivity index (χ4n) is 3.31. The lowest BCUT2D eigenvalue weighted by atomic mass is 10.2. The number of nitrogens with one attached hydrogen (secondary N) is 1. The first-order chi connectivity index (χ1) is 15.6. The Hall–Kier alpha value is -3.14. The van der Waals surface area contributed by atoms with Gasteiger partial charge in [0, 0.05) is 28.1 Å². The highest BCUT2D eigenvalue weighted by atomic mass is 35.5. The fourth-order valence-corrected chi connectivity index (χ4v) is 5.20. The van der Waals surface area contributed by atoms with E-state index in [1.807, 2.05) is 40.3 Å². The highest BCUT2D eigenvalue weighted by molar-refractivity contribution is 7.98. The van der Waals surface area contributed by atoms with Crippen LogP contribution in [-0.2, 0) is 12.3 Å². The van der Waals surface area contributed by atoms with Crippen molar-refractivity contribution in [3.8, 4) is 22.7 Å². The second-order valence-corrected chi connectivity index (χ2v) is 9.06. The molecule has 4 heterocycles. The number of aromatic amines is 1. The SMILES string of the molecule is C=CCn1c(SCc2nc3scc(-c4ccco4)c3c(=O)[nH]2)nnc1-c1ccc(Cl)cc1. The summed E-state index contributed by atoms with van der Waals surface area (Å²) >= 11 is 8.87. The minimum Gasteiger partial charge on any atom is -0.464 e. The molecule has 0 amide bonds. The Bertz CT molecular complexity index is 1450. The van der Waals surface area contributed by atoms with Crippen LogP contribution in [0.5, 0.6) is 0 Å². The van der Waals surface area contributed by atoms with Gasteiger partial charge in [-0.15, -0.1) is 28.1 Å². The molecular weight excluding hydrogens is 466 g/mol. The maximum absolute atomic E-state index is 12.8. The number of fused-ring (bicyclic) bond motifs is 1. The molecule has 0 spiro atoms. The van der Waals surface area contributed by atoms with Gasteiger partial charge in [0.25, 0.3) is 5.56 Å². The summed E-state index contributed by atoms with van der Waals surface area (Å²) in [5.41, 5.74) is 1.47. The maximum Gasteiger partial charge on any atom is 0.260 e. The normalized spacial score (nSPS) is 11.3. The second-order valence-electron chi connectivity index (χ2n) is 6.82. The number of halogens is 1. The van der Waals surface area contributed by atoms with Crippen LogP contribution in [0.2, 0.25) is 5.02 Å². The van der Waals surface area contributed by atoms with Crippen LogP contribution in [0.15, 0.2) is 75.1 Å². The third-order valence-electron chi connectivity index (χ3n) is 4.75. The standard InChI is InChI=1S/C22H16ClN5O2S2/c1-2-9-28-19(13-5-7-14(23)8-6-13)26-27-22(28)32-12-17-24-20(29)18-15(11-31-21(18)25-17)16-4-3-10-30-16/h2-8,10-11H,1,9,12H2,(H,24,25,29). The Morgan fingerprint density at radius 2 is 2.09 bits per heavy atom. The van der Waals surface area contributed by atoms with E-state index in [-0.39, 0.29) is 5.56 Å². The molecule has 5 rings (SSSR count). The Morgan fingerprint density at radius 1 is 1.25 bits per heavy atom. The molecule has 0 saturated heterocycles. The van der Waals surface area contributed by atoms with E-state index >= 15 is 0 Å². The molecule has 1 N–H and O–H groups in total. The topological polar surface area (TPSA) is 89.6 Å². The molecule has 160 valence electrons. The van der Waals surface area contributed by atoms with Crippen molar-refractivity contribution in [1.29, 1.82) is 0 Å². The number of thiophene rings is 1. The first-order valence-electron chi connectivity index (χ1n) is 9.61. The molecular formula is C22H16ClN5O2S2. The number of nitrogens with zero attached hydrogens (tertiary/aromatic N) is 4. The number of hydrogen-bond acceptors (Lipinski definition) is 7. The zero-order valence-electron chi connectivity index (χ0n) is 16.6. The predicted molar refractivity (Wildman–Crippen MR) is 128 cm³/mol. The molecule has 10 heteroatoms. The first kappa shape index (κ1) is 20.7. The molecule has 1 aromatic carbocycles. The van der Waals surface area contributed by atoms with E-state index < -0.39 is 0 Å². The molecule has 4 aromatic heterocycles. The summed E-state index contributed by atoms with van der Waals surface area (Å²) in [5, 5.41) is 12.5. The van der Waals surface area contributed by atoms with E-state index in [0.717, 1.165) is 17.0 Å². The molecule has 7 nitrogen and oxygen atoms in total. The summed E-state index contributed by atoms with van der Waals surface area (Å²) in [7, 11) is 0. The van der Waals surface area contributed by atoms with Crippen molar-refractivity contribution < 1.29 is 4.42 Å². The van der Waals surface area contributed by atoms with Crippen LogP contribution in [0.25, 0.3) is 32.9 Å². The quantitative estimate of drug-likeness (QED) is 0.239. The maximum atomic E-state index is 12.8. The van der Waals surface area contributed by atoms with Crippen LogP contribution >= 0.6 is 34.7 Å². The summed E-state index contributed by atoms with van der Waals surface area (Å²) in [6.07, 6.45) is 3.38. The summed E-state index contributed by atoms with van der Waals surface area (Å²) in [6.45, 7) is 4.39. The van der Waals surface area contributed by atoms with Gasteiger partial charge in [0.1, 0.15) is 16.4 Å². The summed E-state index contributed by atoms with van der Waals surface area (Å²) in [4.78, 5) is 21.0. The minimum atomic E-state index is -0.187. The van der Waals surface area contributed by atoms with Gasteiger partial charge < -0.3 is 9.40 Å². The average Bonchev–Trinajstić information content (AvgIpc) is 3.53. The molecule has 0 aliphatic carbocycles. The van der Waals surface area contributed by atoms with Crippen LogP contribution in [0.3, 0.4) is 0 Å². The van der Waals surface area contributed by atoms with Crippen LogP contribution in [0, 0.1) is 0 Å². The lowest BCUT2D eigenvalue weighted by Gasteiger charge is -2.08. The van der Waals surface area contributed by atoms with Crippen molar-refractivity contribution in [2.24, 2.45) is 0 Å². The van der Waals surface area contributed by atoms with Gasteiger partial charge in [-0.3, -0.25) is 9.36 Å². The summed E-state index contributed by atoms with van der Waals surface area (Å²) in [5.74, 6) is 2.39. The van der Waals surface area contributed by atoms with Crippen LogP contribution in [-0.4, -0.2) is 24.7 Å². The molecule has 0 aliphatic heterocycles. The van der Waals surface area contributed by atoms with Crippen LogP contribution in [0.1, 0.15) is 5.82 Å². The van der Waals surface area contributed by atoms with Crippen LogP contribution in [0.4, 0.5) is 0 Å². The lowest BCUT2D eigenvalue weighted by Crippen LogP contribution is -2.11. The van der Waals surface area contributed by atoms with Crippen molar-refractivity contribution in [3.63, 3.8) is 0 Å². The van der Waals surface area contributed by atoms with Crippen molar-refractivity contribution in [2.75, 3.05) is 0 Å². The van der Waals surface area contributed by atoms with Crippen LogP contribution < -0.4 is 5.56 Å². The molecule has 0 bridgehead atoms. The number of allylic oxidation sites excluding steroid dienone is 1. The van der Waals surface area contributed by atoms with E-state index in [1.54, 1.807) is 18.4 Å². The Kier molecular flexibility index (Phi) is 5.69. The Balaban J connectivity index is 1.43. The van der Waals surface area contributed by atoms with E-state index in [0.29, 0.717) is 44.3 Å². The van der Waals surface area contributed by atoms with Gasteiger partial charge in [-0.1, -0.05) is 29.4 Å². The van der Waals surface area contributed by atoms with Gasteiger partial charge in [-0.2, -0.15) is 0 Å². The van der Waals surface area contributed by atoms with E-state index in [9.17, 15) is 4.79 Å². The number of thioether (sulfide) groups is 1. The predicted octanol–water partition coefficient (Wildman–Crippen LogP) is 5.63. The monoisotopic (exact) mass is 481 g/mol. The van der Waals surface area contributed by atoms with Crippen molar-refractivity contribution in [3.05, 3.63) is 81.9 Å². The number of hydrogen-bond donors (Lipinski definition) is 1. The van der Waals surface area contributed by atoms with E-state index in [4.69, 9.17) is 16.0 Å². The first-order valence-corrected chi connectivity index (χ1v) is 11.9. The number of aromatic nitrogens is 5.